The third-order valence-corrected chi connectivity index (χ3v) is 2.85. The predicted molar refractivity (Wildman–Crippen MR) is 63.0 cm³/mol. The van der Waals surface area contributed by atoms with Crippen LogP contribution in [0.5, 0.6) is 0 Å². The fraction of sp³-hybridized carbons (Fsp3) is 0.308. The third-order valence-electron chi connectivity index (χ3n) is 2.85. The van der Waals surface area contributed by atoms with E-state index in [9.17, 15) is 0 Å². The van der Waals surface area contributed by atoms with Crippen LogP contribution in [0.2, 0.25) is 0 Å². The minimum absolute atomic E-state index is 0.987. The molecule has 0 aliphatic rings. The highest BCUT2D eigenvalue weighted by Gasteiger charge is 2.09. The lowest BCUT2D eigenvalue weighted by molar-refractivity contribution is 1.22. The van der Waals surface area contributed by atoms with Crippen LogP contribution in [0.15, 0.2) is 18.2 Å². The van der Waals surface area contributed by atoms with E-state index in [0.717, 1.165) is 17.2 Å². The number of rotatable bonds is 1. The average molecular weight is 200 g/mol. The molecule has 1 heterocycles. The van der Waals surface area contributed by atoms with Gasteiger partial charge in [-0.05, 0) is 38.8 Å². The fourth-order valence-corrected chi connectivity index (χ4v) is 1.85. The number of aryl methyl sites for hydroxylation is 4. The lowest BCUT2D eigenvalue weighted by Crippen LogP contribution is -1.89. The molecule has 0 aliphatic heterocycles. The molecule has 15 heavy (non-hydrogen) atoms. The van der Waals surface area contributed by atoms with E-state index in [1.807, 2.05) is 6.92 Å². The van der Waals surface area contributed by atoms with Crippen molar-refractivity contribution in [1.29, 1.82) is 0 Å². The number of hydrogen-bond donors (Lipinski definition) is 1. The molecule has 0 atom stereocenters. The molecule has 0 fully saturated rings. The summed E-state index contributed by atoms with van der Waals surface area (Å²) in [4.78, 5) is 7.88. The molecule has 2 heteroatoms. The molecule has 78 valence electrons. The Morgan fingerprint density at radius 3 is 2.07 bits per heavy atom. The Balaban J connectivity index is 2.63. The highest BCUT2D eigenvalue weighted by molar-refractivity contribution is 5.64. The van der Waals surface area contributed by atoms with Crippen molar-refractivity contribution in [1.82, 2.24) is 9.97 Å². The number of aromatic nitrogens is 2. The Bertz CT molecular complexity index is 455. The zero-order valence-electron chi connectivity index (χ0n) is 9.68. The quantitative estimate of drug-likeness (QED) is 0.751. The second-order valence-corrected chi connectivity index (χ2v) is 4.06. The second-order valence-electron chi connectivity index (χ2n) is 4.06. The van der Waals surface area contributed by atoms with Crippen molar-refractivity contribution in [3.63, 3.8) is 0 Å². The van der Waals surface area contributed by atoms with Gasteiger partial charge in [0, 0.05) is 11.3 Å². The number of benzene rings is 1. The standard InChI is InChI=1S/C13H16N2/c1-8-6-5-7-9(2)12(8)13-14-10(3)11(4)15-13/h5-7H,1-4H3,(H,14,15). The monoisotopic (exact) mass is 200 g/mol. The fourth-order valence-electron chi connectivity index (χ4n) is 1.85. The summed E-state index contributed by atoms with van der Waals surface area (Å²) in [5.41, 5.74) is 5.99. The maximum Gasteiger partial charge on any atom is 0.138 e. The Kier molecular flexibility index (Phi) is 2.35. The molecular formula is C13H16N2. The van der Waals surface area contributed by atoms with E-state index in [-0.39, 0.29) is 0 Å². The molecule has 2 nitrogen and oxygen atoms in total. The van der Waals surface area contributed by atoms with Crippen molar-refractivity contribution in [2.45, 2.75) is 27.7 Å². The van der Waals surface area contributed by atoms with Crippen molar-refractivity contribution < 1.29 is 0 Å². The first-order chi connectivity index (χ1) is 7.09. The highest BCUT2D eigenvalue weighted by atomic mass is 14.9. The van der Waals surface area contributed by atoms with Gasteiger partial charge in [-0.2, -0.15) is 0 Å². The van der Waals surface area contributed by atoms with Crippen molar-refractivity contribution in [2.24, 2.45) is 0 Å². The van der Waals surface area contributed by atoms with Gasteiger partial charge >= 0.3 is 0 Å². The first kappa shape index (κ1) is 9.97. The zero-order valence-corrected chi connectivity index (χ0v) is 9.68. The molecule has 1 N–H and O–H groups in total. The predicted octanol–water partition coefficient (Wildman–Crippen LogP) is 3.31. The first-order valence-corrected chi connectivity index (χ1v) is 5.19. The molecule has 0 saturated carbocycles. The third kappa shape index (κ3) is 1.67. The Morgan fingerprint density at radius 1 is 1.00 bits per heavy atom. The molecule has 0 aliphatic carbocycles. The number of nitrogens with one attached hydrogen (secondary N) is 1. The second kappa shape index (κ2) is 3.54. The number of nitrogens with zero attached hydrogens (tertiary/aromatic N) is 1. The summed E-state index contributed by atoms with van der Waals surface area (Å²) < 4.78 is 0. The number of aromatic amines is 1. The van der Waals surface area contributed by atoms with Crippen LogP contribution in [0.1, 0.15) is 22.5 Å². The van der Waals surface area contributed by atoms with Crippen molar-refractivity contribution in [2.75, 3.05) is 0 Å². The van der Waals surface area contributed by atoms with Crippen LogP contribution in [0.4, 0.5) is 0 Å². The summed E-state index contributed by atoms with van der Waals surface area (Å²) >= 11 is 0. The van der Waals surface area contributed by atoms with E-state index in [1.54, 1.807) is 0 Å². The molecule has 0 radical (unpaired) electrons. The lowest BCUT2D eigenvalue weighted by atomic mass is 10.0. The summed E-state index contributed by atoms with van der Waals surface area (Å²) in [6.07, 6.45) is 0. The van der Waals surface area contributed by atoms with Gasteiger partial charge in [0.2, 0.25) is 0 Å². The van der Waals surface area contributed by atoms with Crippen LogP contribution < -0.4 is 0 Å². The SMILES string of the molecule is Cc1cccc(C)c1-c1nc(C)c(C)[nH]1. The van der Waals surface area contributed by atoms with Gasteiger partial charge in [-0.25, -0.2) is 4.98 Å². The Morgan fingerprint density at radius 2 is 1.60 bits per heavy atom. The number of H-pyrrole nitrogens is 1. The molecule has 0 bridgehead atoms. The lowest BCUT2D eigenvalue weighted by Gasteiger charge is -2.05. The molecule has 1 aromatic carbocycles. The van der Waals surface area contributed by atoms with Gasteiger partial charge in [0.25, 0.3) is 0 Å². The van der Waals surface area contributed by atoms with Crippen LogP contribution in [-0.4, -0.2) is 9.97 Å². The van der Waals surface area contributed by atoms with Gasteiger partial charge in [0.15, 0.2) is 0 Å². The Hall–Kier alpha value is -1.57. The van der Waals surface area contributed by atoms with Crippen LogP contribution in [0, 0.1) is 27.7 Å². The largest absolute Gasteiger partial charge is 0.342 e. The summed E-state index contributed by atoms with van der Waals surface area (Å²) in [6, 6.07) is 6.32. The molecular weight excluding hydrogens is 184 g/mol. The van der Waals surface area contributed by atoms with Crippen molar-refractivity contribution >= 4 is 0 Å². The van der Waals surface area contributed by atoms with E-state index < -0.39 is 0 Å². The molecule has 1 aromatic heterocycles. The molecule has 0 unspecified atom stereocenters. The van der Waals surface area contributed by atoms with Crippen molar-refractivity contribution in [3.8, 4) is 11.4 Å². The van der Waals surface area contributed by atoms with E-state index in [4.69, 9.17) is 0 Å². The van der Waals surface area contributed by atoms with E-state index in [0.29, 0.717) is 0 Å². The molecule has 0 amide bonds. The Labute approximate surface area is 90.4 Å². The topological polar surface area (TPSA) is 28.7 Å². The first-order valence-electron chi connectivity index (χ1n) is 5.19. The summed E-state index contributed by atoms with van der Waals surface area (Å²) in [7, 11) is 0. The average Bonchev–Trinajstić information content (AvgIpc) is 2.46. The van der Waals surface area contributed by atoms with Crippen LogP contribution in [-0.2, 0) is 0 Å². The van der Waals surface area contributed by atoms with E-state index in [1.165, 1.54) is 16.7 Å². The van der Waals surface area contributed by atoms with Gasteiger partial charge < -0.3 is 4.98 Å². The van der Waals surface area contributed by atoms with Crippen molar-refractivity contribution in [3.05, 3.63) is 40.7 Å². The zero-order chi connectivity index (χ0) is 11.0. The van der Waals surface area contributed by atoms with E-state index in [2.05, 4.69) is 48.9 Å². The van der Waals surface area contributed by atoms with Gasteiger partial charge in [-0.1, -0.05) is 18.2 Å². The minimum atomic E-state index is 0.987. The molecule has 2 rings (SSSR count). The van der Waals surface area contributed by atoms with E-state index >= 15 is 0 Å². The maximum atomic E-state index is 4.55. The van der Waals surface area contributed by atoms with Gasteiger partial charge in [-0.15, -0.1) is 0 Å². The number of hydrogen-bond acceptors (Lipinski definition) is 1. The highest BCUT2D eigenvalue weighted by Crippen LogP contribution is 2.25. The molecule has 2 aromatic rings. The van der Waals surface area contributed by atoms with Crippen LogP contribution in [0.3, 0.4) is 0 Å². The van der Waals surface area contributed by atoms with Gasteiger partial charge in [0.1, 0.15) is 5.82 Å². The van der Waals surface area contributed by atoms with Gasteiger partial charge in [-0.3, -0.25) is 0 Å². The normalized spacial score (nSPS) is 10.7. The van der Waals surface area contributed by atoms with Gasteiger partial charge in [0.05, 0.1) is 5.69 Å². The maximum absolute atomic E-state index is 4.55. The summed E-state index contributed by atoms with van der Waals surface area (Å²) in [6.45, 7) is 8.33. The van der Waals surface area contributed by atoms with Crippen LogP contribution in [0.25, 0.3) is 11.4 Å². The molecule has 0 saturated heterocycles. The minimum Gasteiger partial charge on any atom is -0.342 e. The molecule has 0 spiro atoms. The summed E-state index contributed by atoms with van der Waals surface area (Å²) in [5, 5.41) is 0. The summed E-state index contributed by atoms with van der Waals surface area (Å²) in [5.74, 6) is 0.987. The number of imidazole rings is 1. The van der Waals surface area contributed by atoms with Crippen LogP contribution >= 0.6 is 0 Å². The smallest absolute Gasteiger partial charge is 0.138 e.